The number of hydrogen-bond donors (Lipinski definition) is 0. The van der Waals surface area contributed by atoms with Crippen LogP contribution in [-0.2, 0) is 13.0 Å². The zero-order chi connectivity index (χ0) is 19.5. The summed E-state index contributed by atoms with van der Waals surface area (Å²) in [7, 11) is 0. The number of fused-ring (bicyclic) bond motifs is 1. The van der Waals surface area contributed by atoms with Crippen LogP contribution < -0.4 is 4.74 Å². The zero-order valence-electron chi connectivity index (χ0n) is 15.3. The van der Waals surface area contributed by atoms with Crippen LogP contribution in [0.1, 0.15) is 23.9 Å². The Morgan fingerprint density at radius 1 is 1.00 bits per heavy atom. The molecule has 2 aromatic carbocycles. The first-order valence-electron chi connectivity index (χ1n) is 8.95. The fraction of sp³-hybridized carbons (Fsp3) is 0.136. The van der Waals surface area contributed by atoms with Crippen molar-refractivity contribution in [3.05, 3.63) is 82.1 Å². The van der Waals surface area contributed by atoms with Gasteiger partial charge < -0.3 is 9.30 Å². The molecule has 0 aliphatic rings. The summed E-state index contributed by atoms with van der Waals surface area (Å²) in [4.78, 5) is 9.44. The van der Waals surface area contributed by atoms with Gasteiger partial charge in [0.15, 0.2) is 5.65 Å². The summed E-state index contributed by atoms with van der Waals surface area (Å²) >= 11 is 3.47. The third-order valence-corrected chi connectivity index (χ3v) is 4.97. The molecule has 2 heterocycles. The maximum Gasteiger partial charge on any atom is 0.221 e. The molecular weight excluding hydrogens is 416 g/mol. The lowest BCUT2D eigenvalue weighted by atomic mass is 10.1. The number of ether oxygens (including phenoxy) is 1. The molecule has 0 aliphatic carbocycles. The van der Waals surface area contributed by atoms with Crippen molar-refractivity contribution in [3.8, 4) is 17.7 Å². The molecule has 0 N–H and O–H groups in total. The van der Waals surface area contributed by atoms with Gasteiger partial charge in [-0.25, -0.2) is 4.98 Å². The van der Waals surface area contributed by atoms with Crippen LogP contribution in [-0.4, -0.2) is 14.5 Å². The first-order valence-corrected chi connectivity index (χ1v) is 9.74. The normalized spacial score (nSPS) is 10.8. The minimum absolute atomic E-state index is 0.502. The molecule has 138 valence electrons. The first-order chi connectivity index (χ1) is 13.7. The molecule has 0 saturated carbocycles. The zero-order valence-corrected chi connectivity index (χ0v) is 16.8. The maximum atomic E-state index is 8.90. The minimum Gasteiger partial charge on any atom is -0.439 e. The number of hydrogen-bond acceptors (Lipinski definition) is 4. The fourth-order valence-electron chi connectivity index (χ4n) is 3.06. The van der Waals surface area contributed by atoms with Gasteiger partial charge in [0.25, 0.3) is 0 Å². The van der Waals surface area contributed by atoms with Crippen LogP contribution in [0.15, 0.2) is 65.1 Å². The van der Waals surface area contributed by atoms with Crippen molar-refractivity contribution in [2.24, 2.45) is 0 Å². The summed E-state index contributed by atoms with van der Waals surface area (Å²) in [6.45, 7) is 2.86. The highest BCUT2D eigenvalue weighted by Gasteiger charge is 2.13. The summed E-state index contributed by atoms with van der Waals surface area (Å²) in [6.07, 6.45) is 0.739. The van der Waals surface area contributed by atoms with E-state index in [0.29, 0.717) is 17.2 Å². The first kappa shape index (κ1) is 18.2. The Morgan fingerprint density at radius 2 is 1.75 bits per heavy atom. The molecule has 0 amide bonds. The number of pyridine rings is 1. The summed E-state index contributed by atoms with van der Waals surface area (Å²) in [5.41, 5.74) is 3.45. The number of nitriles is 1. The van der Waals surface area contributed by atoms with Gasteiger partial charge >= 0.3 is 0 Å². The highest BCUT2D eigenvalue weighted by atomic mass is 79.9. The van der Waals surface area contributed by atoms with E-state index in [1.165, 1.54) is 5.56 Å². The van der Waals surface area contributed by atoms with Crippen molar-refractivity contribution in [1.29, 1.82) is 5.26 Å². The van der Waals surface area contributed by atoms with Crippen molar-refractivity contribution in [2.75, 3.05) is 0 Å². The SMILES string of the molecule is CCn1c(Cc2ccc(Br)cc2)nc2ccc(Oc3ccc(C#N)cc3)nc21. The molecule has 2 aromatic heterocycles. The summed E-state index contributed by atoms with van der Waals surface area (Å²) in [5, 5.41) is 8.90. The number of rotatable bonds is 5. The quantitative estimate of drug-likeness (QED) is 0.419. The highest BCUT2D eigenvalue weighted by molar-refractivity contribution is 9.10. The molecule has 0 fully saturated rings. The smallest absolute Gasteiger partial charge is 0.221 e. The Balaban J connectivity index is 1.64. The molecule has 0 bridgehead atoms. The highest BCUT2D eigenvalue weighted by Crippen LogP contribution is 2.24. The lowest BCUT2D eigenvalue weighted by molar-refractivity contribution is 0.464. The third kappa shape index (κ3) is 3.75. The molecule has 5 nitrogen and oxygen atoms in total. The van der Waals surface area contributed by atoms with Crippen LogP contribution in [0.3, 0.4) is 0 Å². The van der Waals surface area contributed by atoms with Gasteiger partial charge in [-0.05, 0) is 55.0 Å². The van der Waals surface area contributed by atoms with Crippen molar-refractivity contribution in [1.82, 2.24) is 14.5 Å². The third-order valence-electron chi connectivity index (χ3n) is 4.44. The van der Waals surface area contributed by atoms with Crippen LogP contribution >= 0.6 is 15.9 Å². The van der Waals surface area contributed by atoms with Crippen LogP contribution in [0.2, 0.25) is 0 Å². The molecule has 28 heavy (non-hydrogen) atoms. The van der Waals surface area contributed by atoms with E-state index in [4.69, 9.17) is 15.0 Å². The average molecular weight is 433 g/mol. The Labute approximate surface area is 171 Å². The number of halogens is 1. The molecule has 0 saturated heterocycles. The summed E-state index contributed by atoms with van der Waals surface area (Å²) in [5.74, 6) is 2.12. The second-order valence-corrected chi connectivity index (χ2v) is 7.22. The Hall–Kier alpha value is -3.17. The van der Waals surface area contributed by atoms with E-state index < -0.39 is 0 Å². The molecule has 0 radical (unpaired) electrons. The van der Waals surface area contributed by atoms with Crippen molar-refractivity contribution < 1.29 is 4.74 Å². The number of aromatic nitrogens is 3. The summed E-state index contributed by atoms with van der Waals surface area (Å²) < 4.78 is 9.04. The van der Waals surface area contributed by atoms with Crippen molar-refractivity contribution in [3.63, 3.8) is 0 Å². The van der Waals surface area contributed by atoms with Crippen LogP contribution in [0.4, 0.5) is 0 Å². The molecule has 6 heteroatoms. The van der Waals surface area contributed by atoms with Crippen LogP contribution in [0, 0.1) is 11.3 Å². The lowest BCUT2D eigenvalue weighted by Crippen LogP contribution is -2.03. The average Bonchev–Trinajstić information content (AvgIpc) is 3.06. The molecule has 0 spiro atoms. The van der Waals surface area contributed by atoms with Gasteiger partial charge in [-0.15, -0.1) is 0 Å². The lowest BCUT2D eigenvalue weighted by Gasteiger charge is -2.07. The van der Waals surface area contributed by atoms with Gasteiger partial charge in [0.1, 0.15) is 17.1 Å². The second kappa shape index (κ2) is 7.83. The second-order valence-electron chi connectivity index (χ2n) is 6.31. The Morgan fingerprint density at radius 3 is 2.43 bits per heavy atom. The van der Waals surface area contributed by atoms with E-state index in [9.17, 15) is 0 Å². The maximum absolute atomic E-state index is 8.90. The van der Waals surface area contributed by atoms with Gasteiger partial charge in [-0.1, -0.05) is 28.1 Å². The van der Waals surface area contributed by atoms with Gasteiger partial charge in [-0.2, -0.15) is 10.2 Å². The van der Waals surface area contributed by atoms with Crippen molar-refractivity contribution >= 4 is 27.1 Å². The molecule has 0 unspecified atom stereocenters. The number of nitrogens with zero attached hydrogens (tertiary/aromatic N) is 4. The fourth-order valence-corrected chi connectivity index (χ4v) is 3.32. The van der Waals surface area contributed by atoms with Gasteiger partial charge in [-0.3, -0.25) is 0 Å². The number of aryl methyl sites for hydroxylation is 1. The van der Waals surface area contributed by atoms with Crippen LogP contribution in [0.5, 0.6) is 11.6 Å². The van der Waals surface area contributed by atoms with E-state index >= 15 is 0 Å². The molecule has 0 atom stereocenters. The molecular formula is C22H17BrN4O. The van der Waals surface area contributed by atoms with Gasteiger partial charge in [0.2, 0.25) is 5.88 Å². The largest absolute Gasteiger partial charge is 0.439 e. The van der Waals surface area contributed by atoms with E-state index in [0.717, 1.165) is 34.4 Å². The van der Waals surface area contributed by atoms with Gasteiger partial charge in [0, 0.05) is 23.5 Å². The molecule has 4 aromatic rings. The summed E-state index contributed by atoms with van der Waals surface area (Å²) in [6, 6.07) is 21.1. The monoisotopic (exact) mass is 432 g/mol. The number of imidazole rings is 1. The predicted octanol–water partition coefficient (Wildman–Crippen LogP) is 5.47. The Bertz CT molecular complexity index is 1160. The topological polar surface area (TPSA) is 63.7 Å². The van der Waals surface area contributed by atoms with Crippen LogP contribution in [0.25, 0.3) is 11.2 Å². The predicted molar refractivity (Wildman–Crippen MR) is 111 cm³/mol. The van der Waals surface area contributed by atoms with E-state index in [1.54, 1.807) is 24.3 Å². The molecule has 0 aliphatic heterocycles. The Kier molecular flexibility index (Phi) is 5.09. The number of benzene rings is 2. The van der Waals surface area contributed by atoms with Crippen molar-refractivity contribution in [2.45, 2.75) is 19.9 Å². The van der Waals surface area contributed by atoms with Gasteiger partial charge in [0.05, 0.1) is 11.6 Å². The minimum atomic E-state index is 0.502. The standard InChI is InChI=1S/C22H17BrN4O/c1-2-27-20(13-15-3-7-17(23)8-4-15)25-19-11-12-21(26-22(19)27)28-18-9-5-16(14-24)6-10-18/h3-12H,2,13H2,1H3. The van der Waals surface area contributed by atoms with E-state index in [2.05, 4.69) is 50.6 Å². The van der Waals surface area contributed by atoms with E-state index in [-0.39, 0.29) is 0 Å². The molecule has 4 rings (SSSR count). The van der Waals surface area contributed by atoms with E-state index in [1.807, 2.05) is 24.3 Å².